The average Bonchev–Trinajstić information content (AvgIpc) is 1.62. The number of anilines is 8. The molecule has 0 spiro atoms. The Kier molecular flexibility index (Phi) is 18.4. The van der Waals surface area contributed by atoms with E-state index in [4.69, 9.17) is 85.2 Å². The van der Waals surface area contributed by atoms with Crippen LogP contribution in [0.25, 0.3) is 182 Å². The van der Waals surface area contributed by atoms with E-state index >= 15 is 0 Å². The number of benzene rings is 8. The van der Waals surface area contributed by atoms with Crippen molar-refractivity contribution in [2.45, 2.75) is 0 Å². The van der Waals surface area contributed by atoms with Crippen LogP contribution in [0.15, 0.2) is 243 Å². The van der Waals surface area contributed by atoms with E-state index in [2.05, 4.69) is 117 Å². The van der Waals surface area contributed by atoms with Crippen molar-refractivity contribution in [3.63, 3.8) is 0 Å². The number of aromatic nitrogens is 8. The second-order valence-corrected chi connectivity index (χ2v) is 28.7. The molecule has 18 rings (SSSR count). The number of halogens is 2. The number of nitrogens with two attached hydrogens (primary N) is 8. The van der Waals surface area contributed by atoms with Crippen LogP contribution >= 0.6 is 19.4 Å². The Hall–Kier alpha value is -13.4. The molecule has 0 saturated carbocycles. The minimum atomic E-state index is -0.346. The van der Waals surface area contributed by atoms with Crippen molar-refractivity contribution in [3.8, 4) is 89.0 Å². The number of nitrogen functional groups attached to an aromatic ring is 8. The van der Waals surface area contributed by atoms with Crippen LogP contribution in [0, 0.1) is 0 Å². The summed E-state index contributed by atoms with van der Waals surface area (Å²) in [5, 5.41) is 0. The molecule has 0 saturated heterocycles. The molecule has 0 amide bonds. The fraction of sp³-hybridized carbons (Fsp3) is 0. The molecule has 522 valence electrons. The summed E-state index contributed by atoms with van der Waals surface area (Å²) in [5.74, 6) is 0. The maximum absolute atomic E-state index is 6.15. The van der Waals surface area contributed by atoms with E-state index in [9.17, 15) is 0 Å². The van der Waals surface area contributed by atoms with Gasteiger partial charge in [0.15, 0.2) is 0 Å². The first-order valence-corrected chi connectivity index (χ1v) is 38.7. The summed E-state index contributed by atoms with van der Waals surface area (Å²) in [6.07, 6.45) is 16.5. The van der Waals surface area contributed by atoms with Gasteiger partial charge in [0.2, 0.25) is 0 Å². The molecule has 0 fully saturated rings. The second-order valence-electron chi connectivity index (χ2n) is 26.0. The van der Waals surface area contributed by atoms with Gasteiger partial charge in [-0.05, 0) is 239 Å². The average molecular weight is 1520 g/mol. The van der Waals surface area contributed by atoms with Gasteiger partial charge in [-0.15, -0.1) is 0 Å². The standard InChI is InChI=1S/2C44H34N8.2ClH.Ru/c2*45-29-9-1-25(2-10-29)41-33-17-19-35(49-33)42(26-3-11-30(46)12-4-26)37-21-23-39(51-37)44(28-7-15-32(48)16-8-28)40-24-22-38(52-40)43(36-20-18-34(41)50-36)27-5-13-31(47)14-6-27;;;/h1-24,49,52H,45-48H2;1-24,49-50H,45-48H2;2*1H;/q;;;;+2/p-2. The van der Waals surface area contributed by atoms with Crippen LogP contribution in [0.3, 0.4) is 0 Å². The first-order chi connectivity index (χ1) is 52.2. The Morgan fingerprint density at radius 1 is 0.178 bits per heavy atom. The molecule has 20 N–H and O–H groups in total. The Morgan fingerprint density at radius 3 is 0.458 bits per heavy atom. The minimum absolute atomic E-state index is 0.346. The van der Waals surface area contributed by atoms with Gasteiger partial charge in [-0.2, -0.15) is 0 Å². The normalized spacial score (nSPS) is 11.9. The molecule has 4 aliphatic rings. The fourth-order valence-corrected chi connectivity index (χ4v) is 14.0. The summed E-state index contributed by atoms with van der Waals surface area (Å²) in [7, 11) is 9.71. The summed E-state index contributed by atoms with van der Waals surface area (Å²) in [5.41, 5.74) is 83.9. The Bertz CT molecular complexity index is 5640. The van der Waals surface area contributed by atoms with Gasteiger partial charge < -0.3 is 65.8 Å². The van der Waals surface area contributed by atoms with Crippen molar-refractivity contribution in [1.29, 1.82) is 0 Å². The molecule has 8 aromatic carbocycles. The maximum atomic E-state index is 6.15. The third-order valence-electron chi connectivity index (χ3n) is 19.1. The van der Waals surface area contributed by atoms with E-state index in [1.165, 1.54) is 0 Å². The predicted octanol–water partition coefficient (Wildman–Crippen LogP) is 20.7. The molecular weight excluding hydrogens is 1450 g/mol. The van der Waals surface area contributed by atoms with E-state index < -0.39 is 0 Å². The summed E-state index contributed by atoms with van der Waals surface area (Å²) < 4.78 is 0. The number of H-pyrrole nitrogens is 4. The fourth-order valence-electron chi connectivity index (χ4n) is 14.0. The SMILES string of the molecule is Nc1ccc(-c2c3nc(c(-c4ccc(N)cc4)c4ccc([nH]4)c(-c4ccc(N)cc4)c4ccc([nH]4)c(-c4ccc(N)cc4)c4nc2C=C4)C=C3)cc1.Nc1ccc(-c2c3nc(c(-c4ccc(N)cc4)c4ccc([nH]4)c(-c4ccc(N)cc4)c4nc(c(-c5ccc(N)cc5)c5ccc2[nH]5)C=C4)C=C3)cc1.[Cl][Ru][Cl]. The van der Waals surface area contributed by atoms with Gasteiger partial charge in [-0.25, -0.2) is 19.9 Å². The number of aromatic amines is 4. The molecule has 16 bridgehead atoms. The summed E-state index contributed by atoms with van der Waals surface area (Å²) in [4.78, 5) is 36.3. The van der Waals surface area contributed by atoms with Gasteiger partial charge in [0.05, 0.1) is 45.6 Å². The van der Waals surface area contributed by atoms with Crippen molar-refractivity contribution >= 4 is 158 Å². The number of hydrogen-bond donors (Lipinski definition) is 12. The second kappa shape index (κ2) is 29.0. The molecule has 6 aromatic heterocycles. The number of fused-ring (bicyclic) bond motifs is 16. The van der Waals surface area contributed by atoms with Crippen LogP contribution in [-0.2, 0) is 15.1 Å². The van der Waals surface area contributed by atoms with Gasteiger partial charge in [0.1, 0.15) is 0 Å². The number of nitrogens with one attached hydrogen (secondary N) is 4. The van der Waals surface area contributed by atoms with Gasteiger partial charge in [0.25, 0.3) is 0 Å². The predicted molar refractivity (Wildman–Crippen MR) is 448 cm³/mol. The van der Waals surface area contributed by atoms with Crippen LogP contribution in [0.5, 0.6) is 0 Å². The van der Waals surface area contributed by atoms with E-state index in [0.29, 0.717) is 45.5 Å². The van der Waals surface area contributed by atoms with Crippen LogP contribution < -0.4 is 45.9 Å². The molecule has 0 atom stereocenters. The quantitative estimate of drug-likeness (QED) is 0.0499. The molecule has 0 aliphatic carbocycles. The summed E-state index contributed by atoms with van der Waals surface area (Å²) in [6.45, 7) is 0. The molecule has 16 nitrogen and oxygen atoms in total. The molecule has 0 radical (unpaired) electrons. The first kappa shape index (κ1) is 68.0. The number of hydrogen-bond acceptors (Lipinski definition) is 12. The number of nitrogens with zero attached hydrogens (tertiary/aromatic N) is 4. The molecular formula is C88H68Cl2N16Ru. The van der Waals surface area contributed by atoms with Gasteiger partial charge in [-0.1, -0.05) is 97.1 Å². The van der Waals surface area contributed by atoms with E-state index in [0.717, 1.165) is 179 Å². The number of rotatable bonds is 8. The molecule has 107 heavy (non-hydrogen) atoms. The zero-order valence-electron chi connectivity index (χ0n) is 57.2. The molecule has 14 aromatic rings. The third kappa shape index (κ3) is 13.8. The molecule has 0 unspecified atom stereocenters. The summed E-state index contributed by atoms with van der Waals surface area (Å²) in [6, 6.07) is 80.0. The Labute approximate surface area is 631 Å². The topological polar surface area (TPSA) is 323 Å². The van der Waals surface area contributed by atoms with Gasteiger partial charge in [0, 0.05) is 134 Å². The van der Waals surface area contributed by atoms with E-state index in [1.807, 2.05) is 194 Å². The van der Waals surface area contributed by atoms with Gasteiger partial charge in [-0.3, -0.25) is 0 Å². The first-order valence-electron chi connectivity index (χ1n) is 34.2. The van der Waals surface area contributed by atoms with Crippen LogP contribution in [-0.4, -0.2) is 39.9 Å². The van der Waals surface area contributed by atoms with Crippen molar-refractivity contribution in [3.05, 3.63) is 288 Å². The molecule has 4 aliphatic heterocycles. The Morgan fingerprint density at radius 2 is 0.299 bits per heavy atom. The van der Waals surface area contributed by atoms with Crippen molar-refractivity contribution < 1.29 is 15.1 Å². The zero-order chi connectivity index (χ0) is 73.4. The van der Waals surface area contributed by atoms with Gasteiger partial charge >= 0.3 is 34.5 Å². The zero-order valence-corrected chi connectivity index (χ0v) is 60.5. The van der Waals surface area contributed by atoms with Crippen LogP contribution in [0.4, 0.5) is 45.5 Å². The van der Waals surface area contributed by atoms with Crippen molar-refractivity contribution in [1.82, 2.24) is 39.9 Å². The van der Waals surface area contributed by atoms with Crippen molar-refractivity contribution in [2.24, 2.45) is 0 Å². The molecule has 19 heteroatoms. The van der Waals surface area contributed by atoms with Crippen molar-refractivity contribution in [2.75, 3.05) is 45.9 Å². The van der Waals surface area contributed by atoms with Crippen LogP contribution in [0.2, 0.25) is 0 Å². The third-order valence-corrected chi connectivity index (χ3v) is 19.1. The van der Waals surface area contributed by atoms with E-state index in [1.54, 1.807) is 0 Å². The Balaban J connectivity index is 0.000000158. The monoisotopic (exact) mass is 1520 g/mol. The summed E-state index contributed by atoms with van der Waals surface area (Å²) >= 11 is -0.346. The molecule has 10 heterocycles. The van der Waals surface area contributed by atoms with E-state index in [-0.39, 0.29) is 15.1 Å². The van der Waals surface area contributed by atoms with Crippen LogP contribution in [0.1, 0.15) is 45.6 Å².